The van der Waals surface area contributed by atoms with E-state index in [4.69, 9.17) is 17.0 Å². The van der Waals surface area contributed by atoms with E-state index in [2.05, 4.69) is 10.6 Å². The third-order valence-corrected chi connectivity index (χ3v) is 3.63. The third kappa shape index (κ3) is 3.15. The van der Waals surface area contributed by atoms with Crippen molar-refractivity contribution in [2.45, 2.75) is 13.0 Å². The smallest absolute Gasteiger partial charge is 0.337 e. The fourth-order valence-corrected chi connectivity index (χ4v) is 2.63. The third-order valence-electron chi connectivity index (χ3n) is 3.41. The van der Waals surface area contributed by atoms with Gasteiger partial charge in [0.25, 0.3) is 11.4 Å². The van der Waals surface area contributed by atoms with Crippen molar-refractivity contribution in [2.75, 3.05) is 7.11 Å². The van der Waals surface area contributed by atoms with Crippen molar-refractivity contribution in [3.8, 4) is 0 Å². The van der Waals surface area contributed by atoms with Crippen LogP contribution in [-0.2, 0) is 9.53 Å². The molecule has 0 aromatic heterocycles. The highest BCUT2D eigenvalue weighted by Gasteiger charge is 2.35. The Morgan fingerprint density at radius 1 is 1.29 bits per heavy atom. The van der Waals surface area contributed by atoms with Crippen LogP contribution in [0.3, 0.4) is 0 Å². The highest BCUT2D eigenvalue weighted by atomic mass is 32.1. The minimum Gasteiger partial charge on any atom is -0.466 e. The van der Waals surface area contributed by atoms with Crippen LogP contribution in [0.15, 0.2) is 29.5 Å². The Hall–Kier alpha value is -3.08. The summed E-state index contributed by atoms with van der Waals surface area (Å²) in [5.74, 6) is -0.701. The Morgan fingerprint density at radius 3 is 2.50 bits per heavy atom. The summed E-state index contributed by atoms with van der Waals surface area (Å²) in [5, 5.41) is 27.8. The molecule has 2 rings (SSSR count). The summed E-state index contributed by atoms with van der Waals surface area (Å²) in [6.45, 7) is 1.57. The number of allylic oxidation sites excluding steroid dienone is 1. The van der Waals surface area contributed by atoms with Gasteiger partial charge in [-0.05, 0) is 25.2 Å². The number of ether oxygens (including phenoxy) is 1. The molecule has 0 amide bonds. The minimum atomic E-state index is -0.965. The summed E-state index contributed by atoms with van der Waals surface area (Å²) in [6.07, 6.45) is 0. The van der Waals surface area contributed by atoms with Crippen molar-refractivity contribution in [1.29, 1.82) is 0 Å². The molecule has 1 heterocycles. The van der Waals surface area contributed by atoms with Crippen LogP contribution in [0.25, 0.3) is 0 Å². The van der Waals surface area contributed by atoms with E-state index in [9.17, 15) is 25.0 Å². The van der Waals surface area contributed by atoms with E-state index in [1.165, 1.54) is 13.2 Å². The van der Waals surface area contributed by atoms with Crippen molar-refractivity contribution in [3.63, 3.8) is 0 Å². The molecule has 0 bridgehead atoms. The average Bonchev–Trinajstić information content (AvgIpc) is 2.52. The van der Waals surface area contributed by atoms with Crippen molar-refractivity contribution in [3.05, 3.63) is 55.3 Å². The Kier molecular flexibility index (Phi) is 4.74. The average molecular weight is 352 g/mol. The standard InChI is InChI=1S/C13H12N4O6S/c1-6-10(12(18)23-2)11(15-13(24)14-6)8-4-3-7(16(19)20)5-9(8)17(21)22/h3-5,11H,1-2H3,(H2,14,15,24). The highest BCUT2D eigenvalue weighted by molar-refractivity contribution is 7.80. The zero-order valence-corrected chi connectivity index (χ0v) is 13.4. The SMILES string of the molecule is COC(=O)C1=C(C)NC(=S)NC1c1ccc([N+](=O)[O-])cc1[N+](=O)[O-]. The van der Waals surface area contributed by atoms with Crippen molar-refractivity contribution < 1.29 is 19.4 Å². The predicted molar refractivity (Wildman–Crippen MR) is 86.1 cm³/mol. The molecule has 0 aliphatic carbocycles. The largest absolute Gasteiger partial charge is 0.466 e. The Labute approximate surface area is 140 Å². The molecule has 0 saturated heterocycles. The number of rotatable bonds is 4. The zero-order chi connectivity index (χ0) is 18.0. The lowest BCUT2D eigenvalue weighted by Gasteiger charge is -2.29. The van der Waals surface area contributed by atoms with Gasteiger partial charge in [0.1, 0.15) is 0 Å². The molecule has 1 unspecified atom stereocenters. The number of methoxy groups -OCH3 is 1. The van der Waals surface area contributed by atoms with Crippen LogP contribution in [0.1, 0.15) is 18.5 Å². The number of carbonyl (C=O) groups excluding carboxylic acids is 1. The molecule has 24 heavy (non-hydrogen) atoms. The fraction of sp³-hybridized carbons (Fsp3) is 0.231. The van der Waals surface area contributed by atoms with Gasteiger partial charge >= 0.3 is 5.97 Å². The van der Waals surface area contributed by atoms with Gasteiger partial charge in [-0.2, -0.15) is 0 Å². The molecule has 1 aliphatic heterocycles. The maximum atomic E-state index is 12.0. The Bertz CT molecular complexity index is 791. The van der Waals surface area contributed by atoms with Gasteiger partial charge in [0.05, 0.1) is 40.2 Å². The van der Waals surface area contributed by atoms with Gasteiger partial charge in [0, 0.05) is 11.8 Å². The molecule has 0 radical (unpaired) electrons. The van der Waals surface area contributed by atoms with E-state index in [1.54, 1.807) is 6.92 Å². The number of thiocarbonyl (C=S) groups is 1. The monoisotopic (exact) mass is 352 g/mol. The first-order valence-corrected chi connectivity index (χ1v) is 6.96. The van der Waals surface area contributed by atoms with Crippen molar-refractivity contribution in [1.82, 2.24) is 10.6 Å². The van der Waals surface area contributed by atoms with Crippen molar-refractivity contribution >= 4 is 34.7 Å². The molecule has 0 fully saturated rings. The normalized spacial score (nSPS) is 16.9. The zero-order valence-electron chi connectivity index (χ0n) is 12.6. The van der Waals surface area contributed by atoms with Crippen LogP contribution >= 0.6 is 12.2 Å². The number of nitro benzene ring substituents is 2. The van der Waals surface area contributed by atoms with E-state index in [0.29, 0.717) is 5.70 Å². The van der Waals surface area contributed by atoms with E-state index in [0.717, 1.165) is 12.1 Å². The second kappa shape index (κ2) is 6.58. The van der Waals surface area contributed by atoms with E-state index in [1.807, 2.05) is 0 Å². The summed E-state index contributed by atoms with van der Waals surface area (Å²) < 4.78 is 4.71. The molecule has 126 valence electrons. The lowest BCUT2D eigenvalue weighted by atomic mass is 9.94. The number of nitrogens with one attached hydrogen (secondary N) is 2. The summed E-state index contributed by atoms with van der Waals surface area (Å²) in [4.78, 5) is 32.7. The first kappa shape index (κ1) is 17.3. The summed E-state index contributed by atoms with van der Waals surface area (Å²) in [6, 6.07) is 2.22. The number of hydrogen-bond acceptors (Lipinski definition) is 7. The van der Waals surface area contributed by atoms with Crippen LogP contribution < -0.4 is 10.6 Å². The highest BCUT2D eigenvalue weighted by Crippen LogP contribution is 2.35. The van der Waals surface area contributed by atoms with Crippen LogP contribution in [0.4, 0.5) is 11.4 Å². The number of esters is 1. The van der Waals surface area contributed by atoms with Crippen LogP contribution in [0, 0.1) is 20.2 Å². The number of nitrogens with zero attached hydrogens (tertiary/aromatic N) is 2. The number of carbonyl (C=O) groups is 1. The topological polar surface area (TPSA) is 137 Å². The number of hydrogen-bond donors (Lipinski definition) is 2. The van der Waals surface area contributed by atoms with Gasteiger partial charge in [-0.3, -0.25) is 20.2 Å². The van der Waals surface area contributed by atoms with Gasteiger partial charge < -0.3 is 15.4 Å². The molecular formula is C13H12N4O6S. The first-order valence-electron chi connectivity index (χ1n) is 6.55. The van der Waals surface area contributed by atoms with Crippen LogP contribution in [0.5, 0.6) is 0 Å². The first-order chi connectivity index (χ1) is 11.3. The maximum Gasteiger partial charge on any atom is 0.337 e. The molecule has 1 aromatic rings. The van der Waals surface area contributed by atoms with Crippen molar-refractivity contribution in [2.24, 2.45) is 0 Å². The minimum absolute atomic E-state index is 0.0641. The molecule has 1 aliphatic rings. The maximum absolute atomic E-state index is 12.0. The molecule has 0 spiro atoms. The molecule has 2 N–H and O–H groups in total. The number of nitro groups is 2. The molecule has 1 atom stereocenters. The quantitative estimate of drug-likeness (QED) is 0.357. The Balaban J connectivity index is 2.65. The second-order valence-electron chi connectivity index (χ2n) is 4.82. The molecular weight excluding hydrogens is 340 g/mol. The lowest BCUT2D eigenvalue weighted by molar-refractivity contribution is -0.394. The second-order valence-corrected chi connectivity index (χ2v) is 5.23. The number of benzene rings is 1. The summed E-state index contributed by atoms with van der Waals surface area (Å²) >= 11 is 5.03. The van der Waals surface area contributed by atoms with Gasteiger partial charge in [0.15, 0.2) is 5.11 Å². The van der Waals surface area contributed by atoms with Gasteiger partial charge in [-0.25, -0.2) is 4.79 Å². The van der Waals surface area contributed by atoms with Gasteiger partial charge in [0.2, 0.25) is 0 Å². The molecule has 1 aromatic carbocycles. The molecule has 0 saturated carbocycles. The Morgan fingerprint density at radius 2 is 1.96 bits per heavy atom. The van der Waals surface area contributed by atoms with Gasteiger partial charge in [-0.15, -0.1) is 0 Å². The van der Waals surface area contributed by atoms with E-state index < -0.39 is 33.2 Å². The summed E-state index contributed by atoms with van der Waals surface area (Å²) in [5.41, 5.74) is -0.386. The van der Waals surface area contributed by atoms with Crippen LogP contribution in [0.2, 0.25) is 0 Å². The number of non-ortho nitro benzene ring substituents is 1. The molecule has 11 heteroatoms. The van der Waals surface area contributed by atoms with Crippen LogP contribution in [-0.4, -0.2) is 28.0 Å². The predicted octanol–water partition coefficient (Wildman–Crippen LogP) is 1.47. The lowest BCUT2D eigenvalue weighted by Crippen LogP contribution is -2.45. The van der Waals surface area contributed by atoms with E-state index in [-0.39, 0.29) is 16.2 Å². The molecule has 10 nitrogen and oxygen atoms in total. The van der Waals surface area contributed by atoms with E-state index >= 15 is 0 Å². The van der Waals surface area contributed by atoms with Gasteiger partial charge in [-0.1, -0.05) is 0 Å². The fourth-order valence-electron chi connectivity index (χ4n) is 2.36. The summed E-state index contributed by atoms with van der Waals surface area (Å²) in [7, 11) is 1.18.